The molecule has 1 aliphatic rings. The summed E-state index contributed by atoms with van der Waals surface area (Å²) in [5.41, 5.74) is 1.15. The Morgan fingerprint density at radius 3 is 2.53 bits per heavy atom. The van der Waals surface area contributed by atoms with E-state index in [-0.39, 0.29) is 5.43 Å². The van der Waals surface area contributed by atoms with Gasteiger partial charge in [0.25, 0.3) is 0 Å². The fourth-order valence-corrected chi connectivity index (χ4v) is 5.25. The highest BCUT2D eigenvalue weighted by Crippen LogP contribution is 2.25. The van der Waals surface area contributed by atoms with Crippen molar-refractivity contribution in [2.24, 2.45) is 0 Å². The molecular formula is C26H33ClO2S. The highest BCUT2D eigenvalue weighted by Gasteiger charge is 2.14. The van der Waals surface area contributed by atoms with E-state index in [1.54, 1.807) is 11.3 Å². The normalized spacial score (nSPS) is 16.0. The van der Waals surface area contributed by atoms with E-state index in [1.165, 1.54) is 57.8 Å². The van der Waals surface area contributed by atoms with Gasteiger partial charge in [0.15, 0.2) is 5.43 Å². The van der Waals surface area contributed by atoms with Crippen molar-refractivity contribution < 1.29 is 4.74 Å². The fraction of sp³-hybridized carbons (Fsp3) is 0.500. The minimum Gasteiger partial charge on any atom is -0.378 e. The third-order valence-corrected chi connectivity index (χ3v) is 7.14. The summed E-state index contributed by atoms with van der Waals surface area (Å²) in [4.78, 5) is 12.3. The average molecular weight is 445 g/mol. The first-order chi connectivity index (χ1) is 14.7. The third kappa shape index (κ3) is 6.54. The number of benzene rings is 2. The summed E-state index contributed by atoms with van der Waals surface area (Å²) in [5, 5.41) is 1.58. The number of ether oxygens (including phenoxy) is 1. The van der Waals surface area contributed by atoms with E-state index in [2.05, 4.69) is 6.92 Å². The lowest BCUT2D eigenvalue weighted by Gasteiger charge is -2.08. The Kier molecular flexibility index (Phi) is 9.64. The highest BCUT2D eigenvalue weighted by molar-refractivity contribution is 7.24. The molecule has 0 N–H and O–H groups in total. The van der Waals surface area contributed by atoms with Crippen LogP contribution in [-0.2, 0) is 10.6 Å². The molecule has 3 aromatic rings. The van der Waals surface area contributed by atoms with Gasteiger partial charge in [-0.25, -0.2) is 0 Å². The Bertz CT molecular complexity index is 976. The Morgan fingerprint density at radius 2 is 1.77 bits per heavy atom. The van der Waals surface area contributed by atoms with Crippen LogP contribution in [-0.4, -0.2) is 12.7 Å². The molecule has 0 amide bonds. The zero-order chi connectivity index (χ0) is 21.2. The lowest BCUT2D eigenvalue weighted by atomic mass is 10.1. The van der Waals surface area contributed by atoms with Gasteiger partial charge in [-0.15, -0.1) is 22.9 Å². The zero-order valence-corrected chi connectivity index (χ0v) is 19.6. The molecule has 162 valence electrons. The smallest absolute Gasteiger partial charge is 0.195 e. The number of fused-ring (bicyclic) bond motifs is 2. The number of rotatable bonds is 8. The summed E-state index contributed by atoms with van der Waals surface area (Å²) < 4.78 is 7.61. The number of unbranched alkanes of at least 4 members (excludes halogenated alkanes) is 5. The van der Waals surface area contributed by atoms with Crippen LogP contribution in [0.5, 0.6) is 0 Å². The number of halogens is 1. The van der Waals surface area contributed by atoms with Crippen molar-refractivity contribution in [2.45, 2.75) is 76.7 Å². The largest absolute Gasteiger partial charge is 0.378 e. The lowest BCUT2D eigenvalue weighted by Crippen LogP contribution is -2.03. The second kappa shape index (κ2) is 12.4. The van der Waals surface area contributed by atoms with Crippen LogP contribution >= 0.6 is 22.9 Å². The molecule has 0 aliphatic carbocycles. The van der Waals surface area contributed by atoms with Gasteiger partial charge in [0, 0.05) is 32.7 Å². The summed E-state index contributed by atoms with van der Waals surface area (Å²) in [6, 6.07) is 13.5. The summed E-state index contributed by atoms with van der Waals surface area (Å²) in [7, 11) is 0. The van der Waals surface area contributed by atoms with Gasteiger partial charge < -0.3 is 4.74 Å². The molecule has 2 heterocycles. The molecule has 4 rings (SSSR count). The van der Waals surface area contributed by atoms with Crippen LogP contribution in [0, 0.1) is 0 Å². The minimum atomic E-state index is 0.107. The molecule has 1 aromatic heterocycles. The first-order valence-corrected chi connectivity index (χ1v) is 12.7. The summed E-state index contributed by atoms with van der Waals surface area (Å²) in [5.74, 6) is 0.476. The molecule has 0 saturated carbocycles. The Balaban J connectivity index is 0.000000178. The first-order valence-electron chi connectivity index (χ1n) is 11.3. The molecule has 30 heavy (non-hydrogen) atoms. The molecule has 1 fully saturated rings. The SMILES string of the molecule is CCCCCCCCC1CCCO1.O=c1c2ccccc2sc2cc(CCl)ccc12. The van der Waals surface area contributed by atoms with E-state index >= 15 is 0 Å². The molecule has 1 aliphatic heterocycles. The Morgan fingerprint density at radius 1 is 1.00 bits per heavy atom. The Labute approximate surface area is 189 Å². The van der Waals surface area contributed by atoms with E-state index in [0.29, 0.717) is 12.0 Å². The van der Waals surface area contributed by atoms with E-state index in [0.717, 1.165) is 32.3 Å². The van der Waals surface area contributed by atoms with Crippen LogP contribution < -0.4 is 5.43 Å². The van der Waals surface area contributed by atoms with E-state index in [1.807, 2.05) is 42.5 Å². The molecule has 1 unspecified atom stereocenters. The molecule has 0 spiro atoms. The number of hydrogen-bond donors (Lipinski definition) is 0. The standard InChI is InChI=1S/C14H9ClOS.C12H24O/c15-8-9-5-6-11-13(7-9)17-12-4-2-1-3-10(12)14(11)16;1-2-3-4-5-6-7-9-12-10-8-11-13-12/h1-7H,8H2;12H,2-11H2,1H3. The lowest BCUT2D eigenvalue weighted by molar-refractivity contribution is 0.102. The topological polar surface area (TPSA) is 26.3 Å². The van der Waals surface area contributed by atoms with Crippen molar-refractivity contribution in [3.05, 3.63) is 58.3 Å². The zero-order valence-electron chi connectivity index (χ0n) is 18.0. The number of alkyl halides is 1. The maximum absolute atomic E-state index is 12.3. The predicted octanol–water partition coefficient (Wildman–Crippen LogP) is 8.07. The quantitative estimate of drug-likeness (QED) is 0.199. The molecule has 2 aromatic carbocycles. The third-order valence-electron chi connectivity index (χ3n) is 5.70. The Hall–Kier alpha value is -1.42. The predicted molar refractivity (Wildman–Crippen MR) is 132 cm³/mol. The van der Waals surface area contributed by atoms with Gasteiger partial charge in [0.2, 0.25) is 0 Å². The van der Waals surface area contributed by atoms with Gasteiger partial charge in [-0.1, -0.05) is 63.6 Å². The molecular weight excluding hydrogens is 412 g/mol. The monoisotopic (exact) mass is 444 g/mol. The van der Waals surface area contributed by atoms with Gasteiger partial charge in [-0.2, -0.15) is 0 Å². The fourth-order valence-electron chi connectivity index (χ4n) is 3.95. The van der Waals surface area contributed by atoms with Crippen molar-refractivity contribution in [1.29, 1.82) is 0 Å². The second-order valence-corrected chi connectivity index (χ2v) is 9.43. The van der Waals surface area contributed by atoms with E-state index in [4.69, 9.17) is 16.3 Å². The molecule has 4 heteroatoms. The second-order valence-electron chi connectivity index (χ2n) is 8.08. The van der Waals surface area contributed by atoms with Crippen molar-refractivity contribution in [1.82, 2.24) is 0 Å². The molecule has 2 nitrogen and oxygen atoms in total. The van der Waals surface area contributed by atoms with Gasteiger partial charge in [0.05, 0.1) is 6.10 Å². The van der Waals surface area contributed by atoms with Crippen molar-refractivity contribution in [3.63, 3.8) is 0 Å². The highest BCUT2D eigenvalue weighted by atomic mass is 35.5. The average Bonchev–Trinajstić information content (AvgIpc) is 3.30. The van der Waals surface area contributed by atoms with Crippen molar-refractivity contribution in [2.75, 3.05) is 6.61 Å². The summed E-state index contributed by atoms with van der Waals surface area (Å²) in [6.07, 6.45) is 13.0. The van der Waals surface area contributed by atoms with E-state index in [9.17, 15) is 4.79 Å². The molecule has 1 atom stereocenters. The molecule has 1 saturated heterocycles. The first kappa shape index (κ1) is 23.2. The molecule has 0 radical (unpaired) electrons. The van der Waals surface area contributed by atoms with Crippen LogP contribution in [0.15, 0.2) is 47.3 Å². The van der Waals surface area contributed by atoms with Gasteiger partial charge in [-0.05, 0) is 49.1 Å². The molecule has 0 bridgehead atoms. The van der Waals surface area contributed by atoms with E-state index < -0.39 is 0 Å². The van der Waals surface area contributed by atoms with Crippen LogP contribution in [0.1, 0.15) is 70.3 Å². The van der Waals surface area contributed by atoms with Crippen LogP contribution in [0.25, 0.3) is 20.2 Å². The van der Waals surface area contributed by atoms with Gasteiger partial charge in [-0.3, -0.25) is 4.79 Å². The van der Waals surface area contributed by atoms with Crippen LogP contribution in [0.3, 0.4) is 0 Å². The summed E-state index contributed by atoms with van der Waals surface area (Å²) in [6.45, 7) is 3.28. The maximum atomic E-state index is 12.3. The van der Waals surface area contributed by atoms with Crippen molar-refractivity contribution >= 4 is 43.1 Å². The van der Waals surface area contributed by atoms with Crippen LogP contribution in [0.4, 0.5) is 0 Å². The minimum absolute atomic E-state index is 0.107. The number of hydrogen-bond acceptors (Lipinski definition) is 3. The van der Waals surface area contributed by atoms with Gasteiger partial charge in [0.1, 0.15) is 0 Å². The van der Waals surface area contributed by atoms with Gasteiger partial charge >= 0.3 is 0 Å². The van der Waals surface area contributed by atoms with Crippen molar-refractivity contribution in [3.8, 4) is 0 Å². The maximum Gasteiger partial charge on any atom is 0.195 e. The van der Waals surface area contributed by atoms with Crippen LogP contribution in [0.2, 0.25) is 0 Å². The summed E-state index contributed by atoms with van der Waals surface area (Å²) >= 11 is 7.45.